The molecule has 0 radical (unpaired) electrons. The summed E-state index contributed by atoms with van der Waals surface area (Å²) in [6, 6.07) is 6.19. The Balaban J connectivity index is 2.73. The fraction of sp³-hybridized carbons (Fsp3) is 0.429. The fourth-order valence-corrected chi connectivity index (χ4v) is 1.82. The summed E-state index contributed by atoms with van der Waals surface area (Å²) in [6.07, 6.45) is -0.110. The average molecular weight is 283 g/mol. The highest BCUT2D eigenvalue weighted by Crippen LogP contribution is 2.12. The van der Waals surface area contributed by atoms with Crippen molar-refractivity contribution in [3.63, 3.8) is 0 Å². The lowest BCUT2D eigenvalue weighted by Crippen LogP contribution is -2.33. The predicted octanol–water partition coefficient (Wildman–Crippen LogP) is 1.82. The Morgan fingerprint density at radius 1 is 1.30 bits per heavy atom. The molecule has 110 valence electrons. The standard InChI is InChI=1S/C14H18FNO4/c1-10(14(19)20)8-16(7-6-13(17)18)9-11-4-2-3-5-12(11)15/h2-5,10H,6-9H2,1H3,(H,17,18)(H,19,20). The summed E-state index contributed by atoms with van der Waals surface area (Å²) in [7, 11) is 0. The zero-order valence-corrected chi connectivity index (χ0v) is 11.3. The number of rotatable bonds is 8. The van der Waals surface area contributed by atoms with E-state index in [9.17, 15) is 14.0 Å². The summed E-state index contributed by atoms with van der Waals surface area (Å²) in [6.45, 7) is 2.09. The number of carboxylic acid groups (broad SMARTS) is 2. The molecule has 1 unspecified atom stereocenters. The lowest BCUT2D eigenvalue weighted by molar-refractivity contribution is -0.141. The summed E-state index contributed by atoms with van der Waals surface area (Å²) in [4.78, 5) is 23.1. The first kappa shape index (κ1) is 16.1. The van der Waals surface area contributed by atoms with Crippen LogP contribution in [0.25, 0.3) is 0 Å². The maximum atomic E-state index is 13.6. The Morgan fingerprint density at radius 3 is 2.50 bits per heavy atom. The number of hydrogen-bond acceptors (Lipinski definition) is 3. The van der Waals surface area contributed by atoms with E-state index >= 15 is 0 Å². The highest BCUT2D eigenvalue weighted by atomic mass is 19.1. The van der Waals surface area contributed by atoms with Crippen molar-refractivity contribution in [1.29, 1.82) is 0 Å². The number of hydrogen-bond donors (Lipinski definition) is 2. The average Bonchev–Trinajstić information content (AvgIpc) is 2.38. The van der Waals surface area contributed by atoms with Gasteiger partial charge in [0.2, 0.25) is 0 Å². The number of halogens is 1. The van der Waals surface area contributed by atoms with Crippen LogP contribution in [0, 0.1) is 11.7 Å². The van der Waals surface area contributed by atoms with E-state index in [1.807, 2.05) is 0 Å². The van der Waals surface area contributed by atoms with Crippen molar-refractivity contribution in [2.75, 3.05) is 13.1 Å². The van der Waals surface area contributed by atoms with Gasteiger partial charge in [-0.2, -0.15) is 0 Å². The van der Waals surface area contributed by atoms with Crippen molar-refractivity contribution in [2.45, 2.75) is 19.9 Å². The van der Waals surface area contributed by atoms with Crippen molar-refractivity contribution in [3.05, 3.63) is 35.6 Å². The Labute approximate surface area is 116 Å². The maximum Gasteiger partial charge on any atom is 0.307 e. The Kier molecular flexibility index (Phi) is 6.11. The van der Waals surface area contributed by atoms with Gasteiger partial charge in [0.15, 0.2) is 0 Å². The molecule has 0 fully saturated rings. The van der Waals surface area contributed by atoms with Crippen LogP contribution in [-0.2, 0) is 16.1 Å². The van der Waals surface area contributed by atoms with Crippen LogP contribution in [0.15, 0.2) is 24.3 Å². The molecule has 2 N–H and O–H groups in total. The molecule has 0 heterocycles. The number of benzene rings is 1. The minimum absolute atomic E-state index is 0.110. The SMILES string of the molecule is CC(CN(CCC(=O)O)Cc1ccccc1F)C(=O)O. The minimum Gasteiger partial charge on any atom is -0.481 e. The normalized spacial score (nSPS) is 12.3. The molecule has 1 aromatic rings. The molecule has 0 aromatic heterocycles. The van der Waals surface area contributed by atoms with Gasteiger partial charge in [0.25, 0.3) is 0 Å². The van der Waals surface area contributed by atoms with Gasteiger partial charge >= 0.3 is 11.9 Å². The van der Waals surface area contributed by atoms with Crippen LogP contribution in [0.3, 0.4) is 0 Å². The summed E-state index contributed by atoms with van der Waals surface area (Å²) >= 11 is 0. The van der Waals surface area contributed by atoms with Crippen LogP contribution in [0.4, 0.5) is 4.39 Å². The van der Waals surface area contributed by atoms with Gasteiger partial charge in [0.05, 0.1) is 12.3 Å². The van der Waals surface area contributed by atoms with Gasteiger partial charge in [-0.05, 0) is 6.07 Å². The first-order valence-electron chi connectivity index (χ1n) is 6.30. The Hall–Kier alpha value is -1.95. The van der Waals surface area contributed by atoms with Gasteiger partial charge in [-0.25, -0.2) is 4.39 Å². The van der Waals surface area contributed by atoms with Crippen LogP contribution >= 0.6 is 0 Å². The summed E-state index contributed by atoms with van der Waals surface area (Å²) in [5.41, 5.74) is 0.426. The van der Waals surface area contributed by atoms with E-state index in [-0.39, 0.29) is 31.9 Å². The maximum absolute atomic E-state index is 13.6. The second kappa shape index (κ2) is 7.59. The molecule has 1 rings (SSSR count). The van der Waals surface area contributed by atoms with Gasteiger partial charge in [-0.15, -0.1) is 0 Å². The van der Waals surface area contributed by atoms with E-state index in [4.69, 9.17) is 10.2 Å². The number of aliphatic carboxylic acids is 2. The van der Waals surface area contributed by atoms with E-state index in [0.29, 0.717) is 5.56 Å². The van der Waals surface area contributed by atoms with Crippen molar-refractivity contribution < 1.29 is 24.2 Å². The number of nitrogens with zero attached hydrogens (tertiary/aromatic N) is 1. The van der Waals surface area contributed by atoms with Crippen LogP contribution in [0.2, 0.25) is 0 Å². The van der Waals surface area contributed by atoms with Crippen LogP contribution in [0.5, 0.6) is 0 Å². The molecule has 6 heteroatoms. The Morgan fingerprint density at radius 2 is 1.95 bits per heavy atom. The van der Waals surface area contributed by atoms with E-state index in [0.717, 1.165) is 0 Å². The quantitative estimate of drug-likeness (QED) is 0.761. The monoisotopic (exact) mass is 283 g/mol. The lowest BCUT2D eigenvalue weighted by atomic mass is 10.1. The molecule has 20 heavy (non-hydrogen) atoms. The summed E-state index contributed by atoms with van der Waals surface area (Å²) in [5, 5.41) is 17.6. The second-order valence-corrected chi connectivity index (χ2v) is 4.71. The minimum atomic E-state index is -0.966. The fourth-order valence-electron chi connectivity index (χ4n) is 1.82. The third kappa shape index (κ3) is 5.36. The summed E-state index contributed by atoms with van der Waals surface area (Å²) in [5.74, 6) is -2.95. The van der Waals surface area contributed by atoms with Gasteiger partial charge < -0.3 is 10.2 Å². The van der Waals surface area contributed by atoms with Crippen LogP contribution in [0.1, 0.15) is 18.9 Å². The van der Waals surface area contributed by atoms with Crippen LogP contribution in [-0.4, -0.2) is 40.1 Å². The zero-order chi connectivity index (χ0) is 15.1. The molecule has 0 bridgehead atoms. The molecule has 0 spiro atoms. The molecule has 1 atom stereocenters. The molecular formula is C14H18FNO4. The number of carboxylic acids is 2. The van der Waals surface area contributed by atoms with Crippen molar-refractivity contribution in [1.82, 2.24) is 4.90 Å². The molecule has 0 saturated heterocycles. The molecule has 0 aliphatic rings. The van der Waals surface area contributed by atoms with Gasteiger partial charge in [0, 0.05) is 25.2 Å². The molecule has 0 saturated carbocycles. The van der Waals surface area contributed by atoms with Gasteiger partial charge in [0.1, 0.15) is 5.82 Å². The predicted molar refractivity (Wildman–Crippen MR) is 70.7 cm³/mol. The highest BCUT2D eigenvalue weighted by Gasteiger charge is 2.18. The number of carbonyl (C=O) groups is 2. The van der Waals surface area contributed by atoms with E-state index in [1.165, 1.54) is 13.0 Å². The smallest absolute Gasteiger partial charge is 0.307 e. The largest absolute Gasteiger partial charge is 0.481 e. The second-order valence-electron chi connectivity index (χ2n) is 4.71. The van der Waals surface area contributed by atoms with Crippen molar-refractivity contribution >= 4 is 11.9 Å². The molecular weight excluding hydrogens is 265 g/mol. The van der Waals surface area contributed by atoms with Crippen LogP contribution < -0.4 is 0 Å². The third-order valence-electron chi connectivity index (χ3n) is 2.95. The van der Waals surface area contributed by atoms with E-state index < -0.39 is 17.9 Å². The van der Waals surface area contributed by atoms with Crippen molar-refractivity contribution in [2.24, 2.45) is 5.92 Å². The third-order valence-corrected chi connectivity index (χ3v) is 2.95. The van der Waals surface area contributed by atoms with E-state index in [1.54, 1.807) is 23.1 Å². The summed E-state index contributed by atoms with van der Waals surface area (Å²) < 4.78 is 13.6. The first-order valence-corrected chi connectivity index (χ1v) is 6.30. The highest BCUT2D eigenvalue weighted by molar-refractivity contribution is 5.69. The zero-order valence-electron chi connectivity index (χ0n) is 11.3. The Bertz CT molecular complexity index is 478. The van der Waals surface area contributed by atoms with Gasteiger partial charge in [-0.1, -0.05) is 25.1 Å². The molecule has 0 aliphatic heterocycles. The first-order chi connectivity index (χ1) is 9.40. The lowest BCUT2D eigenvalue weighted by Gasteiger charge is -2.23. The molecule has 0 aliphatic carbocycles. The topological polar surface area (TPSA) is 77.8 Å². The van der Waals surface area contributed by atoms with Crippen molar-refractivity contribution in [3.8, 4) is 0 Å². The van der Waals surface area contributed by atoms with E-state index in [2.05, 4.69) is 0 Å². The van der Waals surface area contributed by atoms with Gasteiger partial charge in [-0.3, -0.25) is 14.5 Å². The molecule has 0 amide bonds. The molecule has 5 nitrogen and oxygen atoms in total. The molecule has 1 aromatic carbocycles.